The molecule has 1 N–H and O–H groups in total. The van der Waals surface area contributed by atoms with Crippen molar-refractivity contribution in [3.8, 4) is 0 Å². The molecule has 1 aromatic carbocycles. The highest BCUT2D eigenvalue weighted by molar-refractivity contribution is 6.31. The number of hydrogen-bond donors (Lipinski definition) is 1. The Bertz CT molecular complexity index is 368. The van der Waals surface area contributed by atoms with Gasteiger partial charge in [0.05, 0.1) is 0 Å². The Morgan fingerprint density at radius 1 is 1.15 bits per heavy atom. The van der Waals surface area contributed by atoms with E-state index in [-0.39, 0.29) is 0 Å². The first-order chi connectivity index (χ1) is 9.66. The van der Waals surface area contributed by atoms with Gasteiger partial charge in [-0.05, 0) is 64.5 Å². The SMILES string of the molecule is CCCNCCCCCN(C)C(C)c1ccccc1Cl. The molecule has 0 aliphatic carbocycles. The lowest BCUT2D eigenvalue weighted by atomic mass is 10.1. The summed E-state index contributed by atoms with van der Waals surface area (Å²) in [6.45, 7) is 7.85. The van der Waals surface area contributed by atoms with Crippen LogP contribution in [0.15, 0.2) is 24.3 Å². The molecule has 0 aliphatic rings. The molecule has 0 fully saturated rings. The van der Waals surface area contributed by atoms with Crippen molar-refractivity contribution in [2.45, 2.75) is 45.6 Å². The fraction of sp³-hybridized carbons (Fsp3) is 0.647. The molecule has 0 spiro atoms. The summed E-state index contributed by atoms with van der Waals surface area (Å²) in [4.78, 5) is 2.39. The fourth-order valence-corrected chi connectivity index (χ4v) is 2.63. The fourth-order valence-electron chi connectivity index (χ4n) is 2.33. The zero-order valence-corrected chi connectivity index (χ0v) is 13.9. The number of unbranched alkanes of at least 4 members (excludes halogenated alkanes) is 2. The molecule has 0 saturated heterocycles. The lowest BCUT2D eigenvalue weighted by molar-refractivity contribution is 0.255. The van der Waals surface area contributed by atoms with E-state index in [1.54, 1.807) is 0 Å². The van der Waals surface area contributed by atoms with E-state index in [2.05, 4.69) is 43.2 Å². The third kappa shape index (κ3) is 6.25. The minimum absolute atomic E-state index is 0.377. The molecule has 1 aromatic rings. The predicted molar refractivity (Wildman–Crippen MR) is 89.5 cm³/mol. The summed E-state index contributed by atoms with van der Waals surface area (Å²) in [6, 6.07) is 8.52. The molecule has 0 heterocycles. The number of halogens is 1. The molecule has 20 heavy (non-hydrogen) atoms. The second kappa shape index (κ2) is 10.2. The van der Waals surface area contributed by atoms with Gasteiger partial charge in [0.2, 0.25) is 0 Å². The van der Waals surface area contributed by atoms with E-state index in [1.807, 2.05) is 12.1 Å². The van der Waals surface area contributed by atoms with Gasteiger partial charge in [-0.25, -0.2) is 0 Å². The summed E-state index contributed by atoms with van der Waals surface area (Å²) in [5, 5.41) is 4.32. The zero-order chi connectivity index (χ0) is 14.8. The van der Waals surface area contributed by atoms with Crippen LogP contribution in [0.1, 0.15) is 51.1 Å². The van der Waals surface area contributed by atoms with Gasteiger partial charge in [0, 0.05) is 11.1 Å². The largest absolute Gasteiger partial charge is 0.317 e. The molecule has 0 aliphatic heterocycles. The quantitative estimate of drug-likeness (QED) is 0.639. The van der Waals surface area contributed by atoms with Gasteiger partial charge in [0.25, 0.3) is 0 Å². The van der Waals surface area contributed by atoms with Crippen LogP contribution in [0.3, 0.4) is 0 Å². The molecule has 2 nitrogen and oxygen atoms in total. The molecule has 1 rings (SSSR count). The smallest absolute Gasteiger partial charge is 0.0453 e. The molecule has 1 atom stereocenters. The first kappa shape index (κ1) is 17.5. The molecular formula is C17H29ClN2. The Kier molecular flexibility index (Phi) is 8.92. The van der Waals surface area contributed by atoms with Crippen LogP contribution >= 0.6 is 11.6 Å². The number of nitrogens with one attached hydrogen (secondary N) is 1. The van der Waals surface area contributed by atoms with Gasteiger partial charge in [-0.2, -0.15) is 0 Å². The lowest BCUT2D eigenvalue weighted by Crippen LogP contribution is -2.24. The van der Waals surface area contributed by atoms with Crippen LogP contribution in [0.4, 0.5) is 0 Å². The normalized spacial score (nSPS) is 12.8. The maximum atomic E-state index is 6.26. The first-order valence-electron chi connectivity index (χ1n) is 7.82. The van der Waals surface area contributed by atoms with E-state index < -0.39 is 0 Å². The second-order valence-corrected chi connectivity index (χ2v) is 5.90. The third-order valence-electron chi connectivity index (χ3n) is 3.81. The van der Waals surface area contributed by atoms with E-state index in [0.717, 1.165) is 24.7 Å². The van der Waals surface area contributed by atoms with Crippen LogP contribution in [0.2, 0.25) is 5.02 Å². The summed E-state index contributed by atoms with van der Waals surface area (Å²) < 4.78 is 0. The van der Waals surface area contributed by atoms with Gasteiger partial charge < -0.3 is 5.32 Å². The Hall–Kier alpha value is -0.570. The van der Waals surface area contributed by atoms with Crippen molar-refractivity contribution in [1.82, 2.24) is 10.2 Å². The van der Waals surface area contributed by atoms with Gasteiger partial charge in [0.1, 0.15) is 0 Å². The summed E-state index contributed by atoms with van der Waals surface area (Å²) in [6.07, 6.45) is 5.03. The molecule has 0 aromatic heterocycles. The van der Waals surface area contributed by atoms with Crippen molar-refractivity contribution >= 4 is 11.6 Å². The Balaban J connectivity index is 2.22. The van der Waals surface area contributed by atoms with E-state index in [4.69, 9.17) is 11.6 Å². The van der Waals surface area contributed by atoms with Gasteiger partial charge in [-0.15, -0.1) is 0 Å². The Morgan fingerprint density at radius 2 is 1.90 bits per heavy atom. The first-order valence-corrected chi connectivity index (χ1v) is 8.20. The summed E-state index contributed by atoms with van der Waals surface area (Å²) in [5.41, 5.74) is 1.22. The molecule has 3 heteroatoms. The number of benzene rings is 1. The van der Waals surface area contributed by atoms with Crippen molar-refractivity contribution in [2.75, 3.05) is 26.7 Å². The molecular weight excluding hydrogens is 268 g/mol. The summed E-state index contributed by atoms with van der Waals surface area (Å²) in [5.74, 6) is 0. The standard InChI is InChI=1S/C17H29ClN2/c1-4-12-19-13-8-5-9-14-20(3)15(2)16-10-6-7-11-17(16)18/h6-7,10-11,15,19H,4-5,8-9,12-14H2,1-3H3. The second-order valence-electron chi connectivity index (χ2n) is 5.49. The predicted octanol–water partition coefficient (Wildman–Crippen LogP) is 4.50. The van der Waals surface area contributed by atoms with Crippen LogP contribution in [-0.2, 0) is 0 Å². The minimum atomic E-state index is 0.377. The summed E-state index contributed by atoms with van der Waals surface area (Å²) in [7, 11) is 2.18. The molecule has 0 radical (unpaired) electrons. The number of rotatable bonds is 10. The molecule has 1 unspecified atom stereocenters. The van der Waals surface area contributed by atoms with Crippen LogP contribution in [0.5, 0.6) is 0 Å². The maximum absolute atomic E-state index is 6.26. The van der Waals surface area contributed by atoms with Crippen molar-refractivity contribution in [1.29, 1.82) is 0 Å². The van der Waals surface area contributed by atoms with Crippen LogP contribution in [0.25, 0.3) is 0 Å². The number of hydrogen-bond acceptors (Lipinski definition) is 2. The highest BCUT2D eigenvalue weighted by Gasteiger charge is 2.13. The molecule has 0 amide bonds. The third-order valence-corrected chi connectivity index (χ3v) is 4.15. The van der Waals surface area contributed by atoms with Gasteiger partial charge in [-0.3, -0.25) is 4.90 Å². The van der Waals surface area contributed by atoms with E-state index in [1.165, 1.54) is 31.2 Å². The van der Waals surface area contributed by atoms with E-state index in [9.17, 15) is 0 Å². The van der Waals surface area contributed by atoms with Gasteiger partial charge in [0.15, 0.2) is 0 Å². The van der Waals surface area contributed by atoms with E-state index in [0.29, 0.717) is 6.04 Å². The average molecular weight is 297 g/mol. The van der Waals surface area contributed by atoms with Crippen molar-refractivity contribution < 1.29 is 0 Å². The molecule has 0 bridgehead atoms. The van der Waals surface area contributed by atoms with Crippen LogP contribution < -0.4 is 5.32 Å². The number of nitrogens with zero attached hydrogens (tertiary/aromatic N) is 1. The van der Waals surface area contributed by atoms with Crippen molar-refractivity contribution in [2.24, 2.45) is 0 Å². The lowest BCUT2D eigenvalue weighted by Gasteiger charge is -2.25. The topological polar surface area (TPSA) is 15.3 Å². The van der Waals surface area contributed by atoms with Crippen LogP contribution in [-0.4, -0.2) is 31.6 Å². The minimum Gasteiger partial charge on any atom is -0.317 e. The van der Waals surface area contributed by atoms with Crippen molar-refractivity contribution in [3.05, 3.63) is 34.9 Å². The zero-order valence-electron chi connectivity index (χ0n) is 13.2. The van der Waals surface area contributed by atoms with Crippen molar-refractivity contribution in [3.63, 3.8) is 0 Å². The van der Waals surface area contributed by atoms with E-state index >= 15 is 0 Å². The van der Waals surface area contributed by atoms with Gasteiger partial charge >= 0.3 is 0 Å². The highest BCUT2D eigenvalue weighted by atomic mass is 35.5. The van der Waals surface area contributed by atoms with Gasteiger partial charge in [-0.1, -0.05) is 43.1 Å². The maximum Gasteiger partial charge on any atom is 0.0453 e. The van der Waals surface area contributed by atoms with Crippen LogP contribution in [0, 0.1) is 0 Å². The highest BCUT2D eigenvalue weighted by Crippen LogP contribution is 2.26. The Morgan fingerprint density at radius 3 is 2.60 bits per heavy atom. The summed E-state index contributed by atoms with van der Waals surface area (Å²) >= 11 is 6.26. The monoisotopic (exact) mass is 296 g/mol. The Labute approximate surface area is 129 Å². The molecule has 0 saturated carbocycles. The molecule has 114 valence electrons. The average Bonchev–Trinajstić information content (AvgIpc) is 2.46.